The van der Waals surface area contributed by atoms with Gasteiger partial charge < -0.3 is 10.2 Å². The maximum absolute atomic E-state index is 3.62. The van der Waals surface area contributed by atoms with E-state index in [0.29, 0.717) is 6.04 Å². The van der Waals surface area contributed by atoms with Crippen molar-refractivity contribution in [1.82, 2.24) is 4.90 Å². The van der Waals surface area contributed by atoms with E-state index in [2.05, 4.69) is 69.6 Å². The molecule has 1 fully saturated rings. The predicted octanol–water partition coefficient (Wildman–Crippen LogP) is 3.72. The van der Waals surface area contributed by atoms with Crippen molar-refractivity contribution in [3.63, 3.8) is 0 Å². The third-order valence-corrected chi connectivity index (χ3v) is 4.06. The number of rotatable bonds is 2. The highest BCUT2D eigenvalue weighted by atomic mass is 79.9. The van der Waals surface area contributed by atoms with Crippen molar-refractivity contribution in [2.75, 3.05) is 25.5 Å². The molecule has 2 nitrogen and oxygen atoms in total. The van der Waals surface area contributed by atoms with Gasteiger partial charge in [-0.1, -0.05) is 28.1 Å². The zero-order valence-corrected chi connectivity index (χ0v) is 12.1. The number of benzene rings is 2. The van der Waals surface area contributed by atoms with Crippen molar-refractivity contribution in [3.8, 4) is 0 Å². The molecule has 1 heterocycles. The molecule has 1 aliphatic heterocycles. The van der Waals surface area contributed by atoms with Crippen LogP contribution in [0.3, 0.4) is 0 Å². The van der Waals surface area contributed by atoms with E-state index >= 15 is 0 Å². The number of hydrogen-bond donors (Lipinski definition) is 1. The molecule has 1 atom stereocenters. The zero-order chi connectivity index (χ0) is 12.5. The molecule has 1 saturated heterocycles. The van der Waals surface area contributed by atoms with Gasteiger partial charge in [-0.15, -0.1) is 0 Å². The molecule has 18 heavy (non-hydrogen) atoms. The first-order valence-electron chi connectivity index (χ1n) is 6.35. The van der Waals surface area contributed by atoms with Gasteiger partial charge >= 0.3 is 0 Å². The molecule has 3 heteroatoms. The summed E-state index contributed by atoms with van der Waals surface area (Å²) in [5, 5.41) is 6.19. The first-order chi connectivity index (χ1) is 8.70. The lowest BCUT2D eigenvalue weighted by Crippen LogP contribution is -2.23. The van der Waals surface area contributed by atoms with E-state index < -0.39 is 0 Å². The van der Waals surface area contributed by atoms with E-state index in [1.165, 1.54) is 29.4 Å². The molecule has 0 radical (unpaired) electrons. The number of likely N-dealkylation sites (tertiary alicyclic amines) is 1. The van der Waals surface area contributed by atoms with Crippen molar-refractivity contribution in [2.45, 2.75) is 12.5 Å². The Morgan fingerprint density at radius 2 is 1.94 bits per heavy atom. The Morgan fingerprint density at radius 3 is 2.72 bits per heavy atom. The summed E-state index contributed by atoms with van der Waals surface area (Å²) >= 11 is 3.51. The van der Waals surface area contributed by atoms with Crippen LogP contribution in [0.5, 0.6) is 0 Å². The highest BCUT2D eigenvalue weighted by Gasteiger charge is 2.18. The van der Waals surface area contributed by atoms with Gasteiger partial charge in [-0.3, -0.25) is 0 Å². The van der Waals surface area contributed by atoms with Crippen LogP contribution in [0, 0.1) is 0 Å². The summed E-state index contributed by atoms with van der Waals surface area (Å²) in [7, 11) is 2.18. The molecule has 0 aliphatic carbocycles. The van der Waals surface area contributed by atoms with Crippen LogP contribution < -0.4 is 5.32 Å². The predicted molar refractivity (Wildman–Crippen MR) is 81.2 cm³/mol. The van der Waals surface area contributed by atoms with Crippen LogP contribution in [0.15, 0.2) is 40.9 Å². The molecule has 0 bridgehead atoms. The number of anilines is 1. The quantitative estimate of drug-likeness (QED) is 0.910. The molecule has 1 unspecified atom stereocenters. The summed E-state index contributed by atoms with van der Waals surface area (Å²) < 4.78 is 1.13. The Labute approximate surface area is 116 Å². The van der Waals surface area contributed by atoms with Crippen LogP contribution in [0.1, 0.15) is 6.42 Å². The number of fused-ring (bicyclic) bond motifs is 1. The smallest absolute Gasteiger partial charge is 0.0400 e. The Morgan fingerprint density at radius 1 is 1.17 bits per heavy atom. The summed E-state index contributed by atoms with van der Waals surface area (Å²) in [6.45, 7) is 2.33. The van der Waals surface area contributed by atoms with Gasteiger partial charge in [0.2, 0.25) is 0 Å². The minimum Gasteiger partial charge on any atom is -0.381 e. The van der Waals surface area contributed by atoms with Gasteiger partial charge in [0.25, 0.3) is 0 Å². The van der Waals surface area contributed by atoms with E-state index in [9.17, 15) is 0 Å². The van der Waals surface area contributed by atoms with Gasteiger partial charge in [-0.25, -0.2) is 0 Å². The SMILES string of the molecule is CN1CCC(Nc2ccc3cc(Br)ccc3c2)C1. The van der Waals surface area contributed by atoms with E-state index in [1.54, 1.807) is 0 Å². The highest BCUT2D eigenvalue weighted by molar-refractivity contribution is 9.10. The molecule has 0 saturated carbocycles. The standard InChI is InChI=1S/C15H17BrN2/c1-18-7-6-15(10-18)17-14-5-3-11-8-13(16)4-2-12(11)9-14/h2-5,8-9,15,17H,6-7,10H2,1H3. The van der Waals surface area contributed by atoms with Crippen LogP contribution >= 0.6 is 15.9 Å². The Bertz CT molecular complexity index is 567. The molecule has 3 rings (SSSR count). The van der Waals surface area contributed by atoms with E-state index in [-0.39, 0.29) is 0 Å². The second-order valence-electron chi connectivity index (χ2n) is 5.10. The highest BCUT2D eigenvalue weighted by Crippen LogP contribution is 2.24. The fourth-order valence-corrected chi connectivity index (χ4v) is 2.97. The minimum absolute atomic E-state index is 0.586. The molecule has 94 valence electrons. The number of halogens is 1. The first kappa shape index (κ1) is 12.0. The minimum atomic E-state index is 0.586. The van der Waals surface area contributed by atoms with Crippen LogP contribution in [0.4, 0.5) is 5.69 Å². The Balaban J connectivity index is 1.82. The zero-order valence-electron chi connectivity index (χ0n) is 10.5. The molecule has 1 aliphatic rings. The number of likely N-dealkylation sites (N-methyl/N-ethyl adjacent to an activating group) is 1. The van der Waals surface area contributed by atoms with Gasteiger partial charge in [0.1, 0.15) is 0 Å². The molecule has 1 N–H and O–H groups in total. The summed E-state index contributed by atoms with van der Waals surface area (Å²) in [6, 6.07) is 13.6. The van der Waals surface area contributed by atoms with Crippen LogP contribution in [0.2, 0.25) is 0 Å². The fraction of sp³-hybridized carbons (Fsp3) is 0.333. The summed E-state index contributed by atoms with van der Waals surface area (Å²) in [5.74, 6) is 0. The van der Waals surface area contributed by atoms with Crippen LogP contribution in [0.25, 0.3) is 10.8 Å². The second-order valence-corrected chi connectivity index (χ2v) is 6.01. The van der Waals surface area contributed by atoms with Gasteiger partial charge in [-0.2, -0.15) is 0 Å². The molecule has 2 aromatic rings. The molecule has 0 aromatic heterocycles. The molecule has 0 amide bonds. The molecular formula is C15H17BrN2. The maximum atomic E-state index is 3.62. The number of hydrogen-bond acceptors (Lipinski definition) is 2. The van der Waals surface area contributed by atoms with Crippen molar-refractivity contribution in [1.29, 1.82) is 0 Å². The number of nitrogens with one attached hydrogen (secondary N) is 1. The third-order valence-electron chi connectivity index (χ3n) is 3.56. The van der Waals surface area contributed by atoms with E-state index in [4.69, 9.17) is 0 Å². The van der Waals surface area contributed by atoms with Gasteiger partial charge in [-0.05, 0) is 55.1 Å². The lowest BCUT2D eigenvalue weighted by Gasteiger charge is -2.14. The average Bonchev–Trinajstić information content (AvgIpc) is 2.75. The monoisotopic (exact) mass is 304 g/mol. The van der Waals surface area contributed by atoms with E-state index in [0.717, 1.165) is 11.0 Å². The van der Waals surface area contributed by atoms with Gasteiger partial charge in [0.05, 0.1) is 0 Å². The topological polar surface area (TPSA) is 15.3 Å². The van der Waals surface area contributed by atoms with Crippen LogP contribution in [-0.4, -0.2) is 31.1 Å². The summed E-state index contributed by atoms with van der Waals surface area (Å²) in [6.07, 6.45) is 1.23. The first-order valence-corrected chi connectivity index (χ1v) is 7.14. The van der Waals surface area contributed by atoms with Crippen molar-refractivity contribution < 1.29 is 0 Å². The van der Waals surface area contributed by atoms with Gasteiger partial charge in [0, 0.05) is 22.7 Å². The van der Waals surface area contributed by atoms with Crippen molar-refractivity contribution in [3.05, 3.63) is 40.9 Å². The van der Waals surface area contributed by atoms with Crippen LogP contribution in [-0.2, 0) is 0 Å². The Kier molecular flexibility index (Phi) is 3.27. The lowest BCUT2D eigenvalue weighted by molar-refractivity contribution is 0.414. The number of nitrogens with zero attached hydrogens (tertiary/aromatic N) is 1. The fourth-order valence-electron chi connectivity index (χ4n) is 2.59. The summed E-state index contributed by atoms with van der Waals surface area (Å²) in [5.41, 5.74) is 1.23. The Hall–Kier alpha value is -1.06. The molecular weight excluding hydrogens is 288 g/mol. The summed E-state index contributed by atoms with van der Waals surface area (Å²) in [4.78, 5) is 2.37. The second kappa shape index (κ2) is 4.90. The lowest BCUT2D eigenvalue weighted by atomic mass is 10.1. The van der Waals surface area contributed by atoms with Gasteiger partial charge in [0.15, 0.2) is 0 Å². The largest absolute Gasteiger partial charge is 0.381 e. The maximum Gasteiger partial charge on any atom is 0.0400 e. The van der Waals surface area contributed by atoms with Crippen molar-refractivity contribution in [2.24, 2.45) is 0 Å². The average molecular weight is 305 g/mol. The van der Waals surface area contributed by atoms with Crippen molar-refractivity contribution >= 4 is 32.4 Å². The molecule has 0 spiro atoms. The molecule has 2 aromatic carbocycles. The third kappa shape index (κ3) is 2.52. The van der Waals surface area contributed by atoms with E-state index in [1.807, 2.05) is 0 Å². The normalized spacial score (nSPS) is 20.4.